The first-order chi connectivity index (χ1) is 12.4. The van der Waals surface area contributed by atoms with Crippen molar-refractivity contribution in [2.45, 2.75) is 18.4 Å². The van der Waals surface area contributed by atoms with Crippen molar-refractivity contribution < 1.29 is 22.5 Å². The van der Waals surface area contributed by atoms with Crippen LogP contribution in [0.4, 0.5) is 0 Å². The molecule has 1 aromatic heterocycles. The molecule has 2 aromatic carbocycles. The summed E-state index contributed by atoms with van der Waals surface area (Å²) in [4.78, 5) is 16.4. The molecule has 3 rings (SSSR count). The Morgan fingerprint density at radius 1 is 1.12 bits per heavy atom. The highest BCUT2D eigenvalue weighted by molar-refractivity contribution is 7.90. The first kappa shape index (κ1) is 17.8. The number of ether oxygens (including phenoxy) is 1. The average molecular weight is 372 g/mol. The van der Waals surface area contributed by atoms with Crippen molar-refractivity contribution in [3.05, 3.63) is 65.5 Å². The quantitative estimate of drug-likeness (QED) is 0.635. The summed E-state index contributed by atoms with van der Waals surface area (Å²) in [7, 11) is -3.55. The van der Waals surface area contributed by atoms with E-state index < -0.39 is 15.8 Å². The number of esters is 1. The predicted octanol–water partition coefficient (Wildman–Crippen LogP) is 2.81. The van der Waals surface area contributed by atoms with E-state index in [2.05, 4.69) is 10.1 Å². The molecule has 134 valence electrons. The third-order valence-corrected chi connectivity index (χ3v) is 4.84. The number of hydrogen-bond acceptors (Lipinski definition) is 7. The van der Waals surface area contributed by atoms with E-state index in [-0.39, 0.29) is 23.0 Å². The fourth-order valence-corrected chi connectivity index (χ4v) is 3.29. The summed E-state index contributed by atoms with van der Waals surface area (Å²) in [6.07, 6.45) is 1.03. The molecule has 8 heteroatoms. The molecular formula is C18H16N2O5S. The zero-order chi connectivity index (χ0) is 18.7. The number of carbonyl (C=O) groups excluding carboxylic acids is 1. The molecule has 0 atom stereocenters. The molecule has 0 unspecified atom stereocenters. The Kier molecular flexibility index (Phi) is 4.85. The van der Waals surface area contributed by atoms with Crippen LogP contribution in [0.1, 0.15) is 21.8 Å². The monoisotopic (exact) mass is 372 g/mol. The number of benzene rings is 2. The zero-order valence-electron chi connectivity index (χ0n) is 14.2. The summed E-state index contributed by atoms with van der Waals surface area (Å²) in [6, 6.07) is 13.4. The summed E-state index contributed by atoms with van der Waals surface area (Å²) in [6.45, 7) is 1.67. The SMILES string of the molecule is Cc1ccccc1-c1noc(COC(=O)c2ccccc2S(C)(=O)=O)n1. The molecule has 0 N–H and O–H groups in total. The van der Waals surface area contributed by atoms with Crippen molar-refractivity contribution in [2.24, 2.45) is 0 Å². The molecule has 0 radical (unpaired) electrons. The van der Waals surface area contributed by atoms with Gasteiger partial charge in [0.2, 0.25) is 5.82 Å². The van der Waals surface area contributed by atoms with E-state index in [1.807, 2.05) is 31.2 Å². The van der Waals surface area contributed by atoms with Gasteiger partial charge in [0, 0.05) is 11.8 Å². The van der Waals surface area contributed by atoms with E-state index >= 15 is 0 Å². The average Bonchev–Trinajstić information content (AvgIpc) is 3.08. The molecule has 1 heterocycles. The lowest BCUT2D eigenvalue weighted by molar-refractivity contribution is 0.0425. The maximum atomic E-state index is 12.2. The number of hydrogen-bond donors (Lipinski definition) is 0. The Bertz CT molecular complexity index is 1060. The largest absolute Gasteiger partial charge is 0.452 e. The van der Waals surface area contributed by atoms with Crippen LogP contribution in [0.15, 0.2) is 57.9 Å². The van der Waals surface area contributed by atoms with Crippen molar-refractivity contribution in [3.8, 4) is 11.4 Å². The van der Waals surface area contributed by atoms with Gasteiger partial charge in [0.15, 0.2) is 16.4 Å². The Balaban J connectivity index is 1.75. The second-order valence-corrected chi connectivity index (χ2v) is 7.66. The highest BCUT2D eigenvalue weighted by atomic mass is 32.2. The topological polar surface area (TPSA) is 99.4 Å². The molecule has 0 saturated heterocycles. The van der Waals surface area contributed by atoms with Crippen LogP contribution < -0.4 is 0 Å². The van der Waals surface area contributed by atoms with Gasteiger partial charge in [0.05, 0.1) is 10.5 Å². The van der Waals surface area contributed by atoms with Crippen LogP contribution >= 0.6 is 0 Å². The van der Waals surface area contributed by atoms with Gasteiger partial charge in [-0.2, -0.15) is 4.98 Å². The first-order valence-corrected chi connectivity index (χ1v) is 9.60. The molecule has 0 amide bonds. The summed E-state index contributed by atoms with van der Waals surface area (Å²) < 4.78 is 33.8. The zero-order valence-corrected chi connectivity index (χ0v) is 15.0. The minimum absolute atomic E-state index is 0.0337. The number of aryl methyl sites for hydroxylation is 1. The number of rotatable bonds is 5. The molecule has 26 heavy (non-hydrogen) atoms. The van der Waals surface area contributed by atoms with E-state index in [0.29, 0.717) is 5.82 Å². The first-order valence-electron chi connectivity index (χ1n) is 7.71. The van der Waals surface area contributed by atoms with Crippen LogP contribution in [0.3, 0.4) is 0 Å². The molecular weight excluding hydrogens is 356 g/mol. The lowest BCUT2D eigenvalue weighted by Gasteiger charge is -2.06. The van der Waals surface area contributed by atoms with E-state index in [4.69, 9.17) is 9.26 Å². The minimum Gasteiger partial charge on any atom is -0.452 e. The number of nitrogens with zero attached hydrogens (tertiary/aromatic N) is 2. The minimum atomic E-state index is -3.55. The lowest BCUT2D eigenvalue weighted by atomic mass is 10.1. The molecule has 0 fully saturated rings. The van der Waals surface area contributed by atoms with Crippen LogP contribution in [0.2, 0.25) is 0 Å². The smallest absolute Gasteiger partial charge is 0.339 e. The maximum absolute atomic E-state index is 12.2. The maximum Gasteiger partial charge on any atom is 0.339 e. The number of aromatic nitrogens is 2. The fraction of sp³-hybridized carbons (Fsp3) is 0.167. The third-order valence-electron chi connectivity index (χ3n) is 3.69. The van der Waals surface area contributed by atoms with Crippen molar-refractivity contribution in [1.29, 1.82) is 0 Å². The molecule has 0 aliphatic rings. The Morgan fingerprint density at radius 3 is 2.54 bits per heavy atom. The lowest BCUT2D eigenvalue weighted by Crippen LogP contribution is -2.11. The van der Waals surface area contributed by atoms with Crippen LogP contribution in [-0.4, -0.2) is 30.8 Å². The predicted molar refractivity (Wildman–Crippen MR) is 93.1 cm³/mol. The second kappa shape index (κ2) is 7.09. The normalized spacial score (nSPS) is 11.3. The van der Waals surface area contributed by atoms with Gasteiger partial charge in [-0.25, -0.2) is 13.2 Å². The van der Waals surface area contributed by atoms with E-state index in [9.17, 15) is 13.2 Å². The highest BCUT2D eigenvalue weighted by Crippen LogP contribution is 2.21. The van der Waals surface area contributed by atoms with Gasteiger partial charge in [-0.3, -0.25) is 0 Å². The summed E-state index contributed by atoms with van der Waals surface area (Å²) >= 11 is 0. The Hall–Kier alpha value is -3.00. The van der Waals surface area contributed by atoms with Crippen LogP contribution in [-0.2, 0) is 21.2 Å². The van der Waals surface area contributed by atoms with Crippen LogP contribution in [0.25, 0.3) is 11.4 Å². The summed E-state index contributed by atoms with van der Waals surface area (Å²) in [5.41, 5.74) is 1.77. The van der Waals surface area contributed by atoms with E-state index in [1.54, 1.807) is 12.1 Å². The van der Waals surface area contributed by atoms with Gasteiger partial charge in [-0.1, -0.05) is 41.6 Å². The fourth-order valence-electron chi connectivity index (χ4n) is 2.41. The number of carbonyl (C=O) groups is 1. The van der Waals surface area contributed by atoms with Gasteiger partial charge in [0.25, 0.3) is 5.89 Å². The van der Waals surface area contributed by atoms with E-state index in [0.717, 1.165) is 17.4 Å². The molecule has 0 bridgehead atoms. The van der Waals surface area contributed by atoms with Crippen LogP contribution in [0, 0.1) is 6.92 Å². The molecule has 0 aliphatic heterocycles. The van der Waals surface area contributed by atoms with E-state index in [1.165, 1.54) is 12.1 Å². The van der Waals surface area contributed by atoms with Crippen molar-refractivity contribution in [3.63, 3.8) is 0 Å². The molecule has 3 aromatic rings. The standard InChI is InChI=1S/C18H16N2O5S/c1-12-7-3-4-8-13(12)17-19-16(25-20-17)11-24-18(21)14-9-5-6-10-15(14)26(2,22)23/h3-10H,11H2,1-2H3. The third kappa shape index (κ3) is 3.80. The molecule has 0 spiro atoms. The van der Waals surface area contributed by atoms with Crippen molar-refractivity contribution >= 4 is 15.8 Å². The summed E-state index contributed by atoms with van der Waals surface area (Å²) in [5, 5.41) is 3.88. The number of sulfone groups is 1. The molecule has 7 nitrogen and oxygen atoms in total. The second-order valence-electron chi connectivity index (χ2n) is 5.67. The van der Waals surface area contributed by atoms with Gasteiger partial charge in [-0.15, -0.1) is 0 Å². The Labute approximate surface area is 150 Å². The van der Waals surface area contributed by atoms with Crippen molar-refractivity contribution in [1.82, 2.24) is 10.1 Å². The molecule has 0 aliphatic carbocycles. The van der Waals surface area contributed by atoms with Crippen LogP contribution in [0.5, 0.6) is 0 Å². The van der Waals surface area contributed by atoms with Gasteiger partial charge in [-0.05, 0) is 24.6 Å². The summed E-state index contributed by atoms with van der Waals surface area (Å²) in [5.74, 6) is -0.263. The van der Waals surface area contributed by atoms with Crippen molar-refractivity contribution in [2.75, 3.05) is 6.26 Å². The van der Waals surface area contributed by atoms with Gasteiger partial charge < -0.3 is 9.26 Å². The Morgan fingerprint density at radius 2 is 1.81 bits per heavy atom. The van der Waals surface area contributed by atoms with Gasteiger partial charge in [0.1, 0.15) is 0 Å². The van der Waals surface area contributed by atoms with Gasteiger partial charge >= 0.3 is 5.97 Å². The highest BCUT2D eigenvalue weighted by Gasteiger charge is 2.20. The molecule has 0 saturated carbocycles.